The van der Waals surface area contributed by atoms with E-state index in [0.29, 0.717) is 6.54 Å². The van der Waals surface area contributed by atoms with Gasteiger partial charge in [-0.3, -0.25) is 0 Å². The van der Waals surface area contributed by atoms with Gasteiger partial charge in [0.15, 0.2) is 9.84 Å². The molecule has 19 heavy (non-hydrogen) atoms. The van der Waals surface area contributed by atoms with E-state index in [0.717, 1.165) is 19.2 Å². The van der Waals surface area contributed by atoms with Crippen LogP contribution in [-0.2, 0) is 19.9 Å². The van der Waals surface area contributed by atoms with E-state index in [1.165, 1.54) is 24.3 Å². The highest BCUT2D eigenvalue weighted by molar-refractivity contribution is 7.90. The Labute approximate surface area is 113 Å². The second-order valence-corrected chi connectivity index (χ2v) is 8.28. The Morgan fingerprint density at radius 2 is 1.68 bits per heavy atom. The topological polar surface area (TPSA) is 92.3 Å². The Bertz CT molecular complexity index is 644. The summed E-state index contributed by atoms with van der Waals surface area (Å²) in [7, 11) is -6.90. The molecule has 2 rings (SSSR count). The molecule has 1 atom stereocenters. The monoisotopic (exact) mass is 304 g/mol. The minimum atomic E-state index is -3.59. The average Bonchev–Trinajstić information content (AvgIpc) is 2.80. The second kappa shape index (κ2) is 5.20. The van der Waals surface area contributed by atoms with Crippen LogP contribution in [0, 0.1) is 0 Å². The van der Waals surface area contributed by atoms with Crippen molar-refractivity contribution in [1.29, 1.82) is 0 Å². The summed E-state index contributed by atoms with van der Waals surface area (Å²) in [6.07, 6.45) is 1.83. The SMILES string of the molecule is CS(=O)(=O)c1ccc(S(=O)(=O)NC2CCNC2)cc1. The van der Waals surface area contributed by atoms with Crippen LogP contribution in [0.15, 0.2) is 34.1 Å². The van der Waals surface area contributed by atoms with Gasteiger partial charge in [-0.25, -0.2) is 21.6 Å². The van der Waals surface area contributed by atoms with Crippen molar-refractivity contribution in [3.63, 3.8) is 0 Å². The van der Waals surface area contributed by atoms with E-state index in [1.807, 2.05) is 0 Å². The van der Waals surface area contributed by atoms with E-state index in [9.17, 15) is 16.8 Å². The fraction of sp³-hybridized carbons (Fsp3) is 0.455. The summed E-state index contributed by atoms with van der Waals surface area (Å²) >= 11 is 0. The summed E-state index contributed by atoms with van der Waals surface area (Å²) in [5.41, 5.74) is 0. The van der Waals surface area contributed by atoms with Gasteiger partial charge in [0, 0.05) is 18.8 Å². The zero-order valence-corrected chi connectivity index (χ0v) is 12.1. The van der Waals surface area contributed by atoms with Crippen molar-refractivity contribution in [2.24, 2.45) is 0 Å². The number of sulfone groups is 1. The molecular formula is C11H16N2O4S2. The maximum absolute atomic E-state index is 12.1. The molecule has 0 amide bonds. The van der Waals surface area contributed by atoms with Crippen molar-refractivity contribution in [2.45, 2.75) is 22.3 Å². The lowest BCUT2D eigenvalue weighted by atomic mass is 10.3. The van der Waals surface area contributed by atoms with Crippen LogP contribution in [0.3, 0.4) is 0 Å². The highest BCUT2D eigenvalue weighted by atomic mass is 32.2. The van der Waals surface area contributed by atoms with Crippen LogP contribution in [0.5, 0.6) is 0 Å². The lowest BCUT2D eigenvalue weighted by Gasteiger charge is -2.12. The quantitative estimate of drug-likeness (QED) is 0.799. The smallest absolute Gasteiger partial charge is 0.240 e. The van der Waals surface area contributed by atoms with Gasteiger partial charge in [-0.1, -0.05) is 0 Å². The predicted molar refractivity (Wildman–Crippen MR) is 71.1 cm³/mol. The highest BCUT2D eigenvalue weighted by Gasteiger charge is 2.22. The van der Waals surface area contributed by atoms with Gasteiger partial charge in [-0.2, -0.15) is 0 Å². The van der Waals surface area contributed by atoms with Crippen molar-refractivity contribution in [1.82, 2.24) is 10.0 Å². The van der Waals surface area contributed by atoms with Gasteiger partial charge < -0.3 is 5.32 Å². The molecule has 1 unspecified atom stereocenters. The molecule has 0 aromatic heterocycles. The molecule has 2 N–H and O–H groups in total. The van der Waals surface area contributed by atoms with Crippen LogP contribution in [0.1, 0.15) is 6.42 Å². The van der Waals surface area contributed by atoms with Crippen molar-refractivity contribution >= 4 is 19.9 Å². The largest absolute Gasteiger partial charge is 0.315 e. The zero-order chi connectivity index (χ0) is 14.1. The van der Waals surface area contributed by atoms with Crippen LogP contribution >= 0.6 is 0 Å². The number of nitrogens with one attached hydrogen (secondary N) is 2. The summed E-state index contributed by atoms with van der Waals surface area (Å²) < 4.78 is 49.3. The van der Waals surface area contributed by atoms with Crippen LogP contribution in [0.4, 0.5) is 0 Å². The number of rotatable bonds is 4. The van der Waals surface area contributed by atoms with Gasteiger partial charge in [0.25, 0.3) is 0 Å². The van der Waals surface area contributed by atoms with Crippen molar-refractivity contribution < 1.29 is 16.8 Å². The maximum Gasteiger partial charge on any atom is 0.240 e. The van der Waals surface area contributed by atoms with E-state index in [4.69, 9.17) is 0 Å². The molecule has 1 aliphatic heterocycles. The minimum Gasteiger partial charge on any atom is -0.315 e. The van der Waals surface area contributed by atoms with E-state index in [-0.39, 0.29) is 15.8 Å². The molecule has 1 saturated heterocycles. The number of hydrogen-bond acceptors (Lipinski definition) is 5. The molecular weight excluding hydrogens is 288 g/mol. The van der Waals surface area contributed by atoms with Crippen molar-refractivity contribution in [2.75, 3.05) is 19.3 Å². The van der Waals surface area contributed by atoms with Crippen LogP contribution in [-0.4, -0.2) is 42.2 Å². The molecule has 6 nitrogen and oxygen atoms in total. The molecule has 1 aliphatic rings. The first-order valence-electron chi connectivity index (χ1n) is 5.82. The Kier molecular flexibility index (Phi) is 3.95. The summed E-state index contributed by atoms with van der Waals surface area (Å²) in [5, 5.41) is 3.07. The third-order valence-corrected chi connectivity index (χ3v) is 5.61. The fourth-order valence-electron chi connectivity index (χ4n) is 1.91. The minimum absolute atomic E-state index is 0.0757. The third kappa shape index (κ3) is 3.53. The average molecular weight is 304 g/mol. The number of benzene rings is 1. The van der Waals surface area contributed by atoms with Gasteiger partial charge in [-0.05, 0) is 37.2 Å². The molecule has 106 valence electrons. The lowest BCUT2D eigenvalue weighted by Crippen LogP contribution is -2.36. The molecule has 0 saturated carbocycles. The van der Waals surface area contributed by atoms with Gasteiger partial charge in [0.05, 0.1) is 9.79 Å². The lowest BCUT2D eigenvalue weighted by molar-refractivity contribution is 0.560. The van der Waals surface area contributed by atoms with Crippen LogP contribution < -0.4 is 10.0 Å². The molecule has 8 heteroatoms. The number of hydrogen-bond donors (Lipinski definition) is 2. The first-order chi connectivity index (χ1) is 8.79. The normalized spacial score (nSPS) is 20.6. The Hall–Kier alpha value is -0.960. The third-order valence-electron chi connectivity index (χ3n) is 2.94. The van der Waals surface area contributed by atoms with Gasteiger partial charge in [0.2, 0.25) is 10.0 Å². The van der Waals surface area contributed by atoms with Crippen molar-refractivity contribution in [3.8, 4) is 0 Å². The van der Waals surface area contributed by atoms with Gasteiger partial charge in [0.1, 0.15) is 0 Å². The fourth-order valence-corrected chi connectivity index (χ4v) is 3.81. The standard InChI is InChI=1S/C11H16N2O4S2/c1-18(14,15)10-2-4-11(5-3-10)19(16,17)13-9-6-7-12-8-9/h2-5,9,12-13H,6-8H2,1H3. The Morgan fingerprint density at radius 1 is 1.11 bits per heavy atom. The van der Waals surface area contributed by atoms with Gasteiger partial charge >= 0.3 is 0 Å². The first-order valence-corrected chi connectivity index (χ1v) is 9.20. The summed E-state index contributed by atoms with van der Waals surface area (Å²) in [5.74, 6) is 0. The molecule has 1 aromatic rings. The van der Waals surface area contributed by atoms with Crippen LogP contribution in [0.2, 0.25) is 0 Å². The highest BCUT2D eigenvalue weighted by Crippen LogP contribution is 2.15. The van der Waals surface area contributed by atoms with Crippen molar-refractivity contribution in [3.05, 3.63) is 24.3 Å². The zero-order valence-electron chi connectivity index (χ0n) is 10.5. The molecule has 0 radical (unpaired) electrons. The maximum atomic E-state index is 12.1. The van der Waals surface area contributed by atoms with E-state index in [1.54, 1.807) is 0 Å². The predicted octanol–water partition coefficient (Wildman–Crippen LogP) is -0.270. The summed E-state index contributed by atoms with van der Waals surface area (Å²) in [6, 6.07) is 5.11. The second-order valence-electron chi connectivity index (χ2n) is 4.55. The Morgan fingerprint density at radius 3 is 2.16 bits per heavy atom. The van der Waals surface area contributed by atoms with Crippen LogP contribution in [0.25, 0.3) is 0 Å². The van der Waals surface area contributed by atoms with E-state index in [2.05, 4.69) is 10.0 Å². The number of sulfonamides is 1. The van der Waals surface area contributed by atoms with E-state index < -0.39 is 19.9 Å². The summed E-state index contributed by atoms with van der Waals surface area (Å²) in [4.78, 5) is 0.181. The molecule has 1 heterocycles. The molecule has 1 fully saturated rings. The molecule has 0 bridgehead atoms. The molecule has 1 aromatic carbocycles. The molecule has 0 aliphatic carbocycles. The molecule has 0 spiro atoms. The summed E-state index contributed by atoms with van der Waals surface area (Å²) in [6.45, 7) is 1.40. The first kappa shape index (κ1) is 14.4. The van der Waals surface area contributed by atoms with E-state index >= 15 is 0 Å². The van der Waals surface area contributed by atoms with Gasteiger partial charge in [-0.15, -0.1) is 0 Å². The Balaban J connectivity index is 2.21.